The molecule has 0 aromatic rings. The summed E-state index contributed by atoms with van der Waals surface area (Å²) in [6, 6.07) is 0.785. The minimum Gasteiger partial charge on any atom is -0.386 e. The SMILES string of the molecule is CNC(C)C(/C=C\NC(C)(C)C)NC. The fourth-order valence-electron chi connectivity index (χ4n) is 1.09. The summed E-state index contributed by atoms with van der Waals surface area (Å²) in [7, 11) is 3.94. The minimum absolute atomic E-state index is 0.137. The molecule has 0 amide bonds. The Kier molecular flexibility index (Phi) is 5.81. The van der Waals surface area contributed by atoms with Crippen molar-refractivity contribution in [3.05, 3.63) is 12.3 Å². The summed E-state index contributed by atoms with van der Waals surface area (Å²) in [4.78, 5) is 0. The quantitative estimate of drug-likeness (QED) is 0.620. The normalized spacial score (nSPS) is 17.0. The lowest BCUT2D eigenvalue weighted by Crippen LogP contribution is -2.42. The smallest absolute Gasteiger partial charge is 0.0416 e. The van der Waals surface area contributed by atoms with Crippen LogP contribution >= 0.6 is 0 Å². The number of hydrogen-bond donors (Lipinski definition) is 3. The van der Waals surface area contributed by atoms with Crippen molar-refractivity contribution in [3.63, 3.8) is 0 Å². The van der Waals surface area contributed by atoms with Gasteiger partial charge in [-0.05, 0) is 48.0 Å². The first-order valence-electron chi connectivity index (χ1n) is 5.19. The molecule has 0 spiro atoms. The second kappa shape index (κ2) is 6.04. The second-order valence-electron chi connectivity index (χ2n) is 4.65. The summed E-state index contributed by atoms with van der Waals surface area (Å²) in [6.45, 7) is 8.59. The lowest BCUT2D eigenvalue weighted by molar-refractivity contribution is 0.474. The predicted octanol–water partition coefficient (Wildman–Crippen LogP) is 1.08. The average Bonchev–Trinajstić information content (AvgIpc) is 2.09. The third kappa shape index (κ3) is 6.00. The van der Waals surface area contributed by atoms with E-state index in [1.165, 1.54) is 0 Å². The van der Waals surface area contributed by atoms with Gasteiger partial charge in [-0.3, -0.25) is 0 Å². The average molecular weight is 199 g/mol. The Morgan fingerprint density at radius 3 is 2.00 bits per heavy atom. The summed E-state index contributed by atoms with van der Waals surface area (Å²) in [5.41, 5.74) is 0.137. The molecule has 14 heavy (non-hydrogen) atoms. The molecule has 84 valence electrons. The molecule has 3 N–H and O–H groups in total. The van der Waals surface area contributed by atoms with Gasteiger partial charge in [-0.25, -0.2) is 0 Å². The zero-order chi connectivity index (χ0) is 11.2. The Morgan fingerprint density at radius 2 is 1.64 bits per heavy atom. The molecular formula is C11H25N3. The first kappa shape index (κ1) is 13.5. The molecule has 3 heteroatoms. The Labute approximate surface area is 88.3 Å². The van der Waals surface area contributed by atoms with Crippen LogP contribution in [0.3, 0.4) is 0 Å². The van der Waals surface area contributed by atoms with Crippen molar-refractivity contribution in [1.29, 1.82) is 0 Å². The van der Waals surface area contributed by atoms with Gasteiger partial charge in [0.15, 0.2) is 0 Å². The fraction of sp³-hybridized carbons (Fsp3) is 0.818. The standard InChI is InChI=1S/C11H25N3/c1-9(12-5)10(13-6)7-8-14-11(2,3)4/h7-10,12-14H,1-6H3/b8-7-. The molecule has 0 bridgehead atoms. The van der Waals surface area contributed by atoms with Crippen LogP contribution in [0.15, 0.2) is 12.3 Å². The van der Waals surface area contributed by atoms with Gasteiger partial charge in [-0.2, -0.15) is 0 Å². The van der Waals surface area contributed by atoms with Crippen molar-refractivity contribution in [1.82, 2.24) is 16.0 Å². The lowest BCUT2D eigenvalue weighted by atomic mass is 10.1. The van der Waals surface area contributed by atoms with Crippen LogP contribution in [0, 0.1) is 0 Å². The molecule has 0 saturated carbocycles. The van der Waals surface area contributed by atoms with Crippen molar-refractivity contribution in [2.45, 2.75) is 45.3 Å². The maximum atomic E-state index is 3.32. The van der Waals surface area contributed by atoms with Crippen LogP contribution in [-0.2, 0) is 0 Å². The third-order valence-corrected chi connectivity index (χ3v) is 2.15. The van der Waals surface area contributed by atoms with E-state index in [1.54, 1.807) is 0 Å². The summed E-state index contributed by atoms with van der Waals surface area (Å²) in [6.07, 6.45) is 4.17. The minimum atomic E-state index is 0.137. The number of rotatable bonds is 5. The number of nitrogens with one attached hydrogen (secondary N) is 3. The van der Waals surface area contributed by atoms with Crippen molar-refractivity contribution in [2.75, 3.05) is 14.1 Å². The van der Waals surface area contributed by atoms with Crippen molar-refractivity contribution < 1.29 is 0 Å². The van der Waals surface area contributed by atoms with E-state index in [9.17, 15) is 0 Å². The highest BCUT2D eigenvalue weighted by Gasteiger charge is 2.10. The fourth-order valence-corrected chi connectivity index (χ4v) is 1.09. The topological polar surface area (TPSA) is 36.1 Å². The van der Waals surface area contributed by atoms with Crippen LogP contribution in [-0.4, -0.2) is 31.7 Å². The lowest BCUT2D eigenvalue weighted by Gasteiger charge is -2.22. The van der Waals surface area contributed by atoms with Gasteiger partial charge in [-0.15, -0.1) is 0 Å². The zero-order valence-electron chi connectivity index (χ0n) is 10.3. The summed E-state index contributed by atoms with van der Waals surface area (Å²) in [5, 5.41) is 9.79. The molecule has 0 aliphatic rings. The summed E-state index contributed by atoms with van der Waals surface area (Å²) in [5.74, 6) is 0. The van der Waals surface area contributed by atoms with E-state index in [0.29, 0.717) is 12.1 Å². The number of likely N-dealkylation sites (N-methyl/N-ethyl adjacent to an activating group) is 2. The van der Waals surface area contributed by atoms with Gasteiger partial charge in [0.25, 0.3) is 0 Å². The molecule has 0 radical (unpaired) electrons. The number of hydrogen-bond acceptors (Lipinski definition) is 3. The van der Waals surface area contributed by atoms with Crippen LogP contribution < -0.4 is 16.0 Å². The Morgan fingerprint density at radius 1 is 1.07 bits per heavy atom. The molecular weight excluding hydrogens is 174 g/mol. The molecule has 0 heterocycles. The highest BCUT2D eigenvalue weighted by atomic mass is 15.0. The molecule has 0 fully saturated rings. The van der Waals surface area contributed by atoms with Crippen LogP contribution in [0.25, 0.3) is 0 Å². The van der Waals surface area contributed by atoms with E-state index in [-0.39, 0.29) is 5.54 Å². The Hall–Kier alpha value is -0.540. The second-order valence-corrected chi connectivity index (χ2v) is 4.65. The van der Waals surface area contributed by atoms with E-state index < -0.39 is 0 Å². The highest BCUT2D eigenvalue weighted by Crippen LogP contribution is 1.99. The van der Waals surface area contributed by atoms with Crippen molar-refractivity contribution >= 4 is 0 Å². The monoisotopic (exact) mass is 199 g/mol. The molecule has 0 rings (SSSR count). The molecule has 3 nitrogen and oxygen atoms in total. The van der Waals surface area contributed by atoms with E-state index in [4.69, 9.17) is 0 Å². The maximum Gasteiger partial charge on any atom is 0.0416 e. The van der Waals surface area contributed by atoms with Gasteiger partial charge in [0.1, 0.15) is 0 Å². The van der Waals surface area contributed by atoms with E-state index in [1.807, 2.05) is 20.3 Å². The van der Waals surface area contributed by atoms with Gasteiger partial charge in [0.05, 0.1) is 0 Å². The first-order chi connectivity index (χ1) is 6.40. The van der Waals surface area contributed by atoms with Gasteiger partial charge in [0.2, 0.25) is 0 Å². The Balaban J connectivity index is 4.05. The highest BCUT2D eigenvalue weighted by molar-refractivity contribution is 4.98. The summed E-state index contributed by atoms with van der Waals surface area (Å²) < 4.78 is 0. The molecule has 2 unspecified atom stereocenters. The van der Waals surface area contributed by atoms with Gasteiger partial charge in [0, 0.05) is 17.6 Å². The van der Waals surface area contributed by atoms with Crippen molar-refractivity contribution in [2.24, 2.45) is 0 Å². The zero-order valence-corrected chi connectivity index (χ0v) is 10.3. The molecule has 0 aliphatic carbocycles. The molecule has 0 aliphatic heterocycles. The predicted molar refractivity (Wildman–Crippen MR) is 63.4 cm³/mol. The maximum absolute atomic E-state index is 3.32. The van der Waals surface area contributed by atoms with Crippen LogP contribution in [0.4, 0.5) is 0 Å². The van der Waals surface area contributed by atoms with Crippen molar-refractivity contribution in [3.8, 4) is 0 Å². The van der Waals surface area contributed by atoms with Gasteiger partial charge in [-0.1, -0.05) is 6.08 Å². The molecule has 0 aromatic carbocycles. The molecule has 0 aromatic heterocycles. The van der Waals surface area contributed by atoms with Gasteiger partial charge >= 0.3 is 0 Å². The summed E-state index contributed by atoms with van der Waals surface area (Å²) >= 11 is 0. The first-order valence-corrected chi connectivity index (χ1v) is 5.19. The largest absolute Gasteiger partial charge is 0.386 e. The Bertz CT molecular complexity index is 170. The molecule has 2 atom stereocenters. The van der Waals surface area contributed by atoms with E-state index in [2.05, 4.69) is 49.7 Å². The van der Waals surface area contributed by atoms with E-state index in [0.717, 1.165) is 0 Å². The third-order valence-electron chi connectivity index (χ3n) is 2.15. The van der Waals surface area contributed by atoms with Crippen LogP contribution in [0.5, 0.6) is 0 Å². The van der Waals surface area contributed by atoms with E-state index >= 15 is 0 Å². The molecule has 0 saturated heterocycles. The van der Waals surface area contributed by atoms with Crippen LogP contribution in [0.2, 0.25) is 0 Å². The van der Waals surface area contributed by atoms with Crippen LogP contribution in [0.1, 0.15) is 27.7 Å². The van der Waals surface area contributed by atoms with Gasteiger partial charge < -0.3 is 16.0 Å².